The number of amides is 2. The number of ether oxygens (including phenoxy) is 1. The van der Waals surface area contributed by atoms with Crippen molar-refractivity contribution >= 4 is 23.4 Å². The molecule has 2 heterocycles. The highest BCUT2D eigenvalue weighted by Crippen LogP contribution is 2.26. The van der Waals surface area contributed by atoms with Gasteiger partial charge < -0.3 is 14.5 Å². The molecule has 0 radical (unpaired) electrons. The highest BCUT2D eigenvalue weighted by molar-refractivity contribution is 6.31. The predicted molar refractivity (Wildman–Crippen MR) is 120 cm³/mol. The molecule has 1 fully saturated rings. The van der Waals surface area contributed by atoms with Gasteiger partial charge in [-0.15, -0.1) is 0 Å². The van der Waals surface area contributed by atoms with Gasteiger partial charge in [-0.05, 0) is 35.4 Å². The fraction of sp³-hybridized carbons (Fsp3) is 0.417. The van der Waals surface area contributed by atoms with Crippen molar-refractivity contribution in [1.29, 1.82) is 0 Å². The number of hydrogen-bond donors (Lipinski definition) is 0. The van der Waals surface area contributed by atoms with Crippen LogP contribution in [0.2, 0.25) is 5.02 Å². The first-order valence-corrected chi connectivity index (χ1v) is 11.2. The molecule has 0 atom stereocenters. The van der Waals surface area contributed by atoms with Gasteiger partial charge in [-0.3, -0.25) is 14.5 Å². The largest absolute Gasteiger partial charge is 0.491 e. The van der Waals surface area contributed by atoms with E-state index in [0.29, 0.717) is 25.3 Å². The Balaban J connectivity index is 1.41. The van der Waals surface area contributed by atoms with Gasteiger partial charge in [0, 0.05) is 56.8 Å². The molecule has 0 spiro atoms. The third-order valence-electron chi connectivity index (χ3n) is 6.04. The van der Waals surface area contributed by atoms with E-state index in [-0.39, 0.29) is 23.3 Å². The second-order valence-electron chi connectivity index (χ2n) is 8.30. The summed E-state index contributed by atoms with van der Waals surface area (Å²) in [4.78, 5) is 30.4. The SMILES string of the molecule is CC(=O)N1CCN(Cc2ccc3c(c2)CN(C(=O)Cc2ccc(F)cc2Cl)CCO3)CC1. The van der Waals surface area contributed by atoms with Crippen LogP contribution in [0.15, 0.2) is 36.4 Å². The van der Waals surface area contributed by atoms with Crippen molar-refractivity contribution in [2.24, 2.45) is 0 Å². The molecule has 32 heavy (non-hydrogen) atoms. The zero-order valence-corrected chi connectivity index (χ0v) is 18.9. The van der Waals surface area contributed by atoms with E-state index in [1.54, 1.807) is 17.9 Å². The van der Waals surface area contributed by atoms with Gasteiger partial charge in [0.1, 0.15) is 18.2 Å². The number of piperazine rings is 1. The van der Waals surface area contributed by atoms with Crippen LogP contribution >= 0.6 is 11.6 Å². The Kier molecular flexibility index (Phi) is 6.96. The van der Waals surface area contributed by atoms with Crippen molar-refractivity contribution in [2.75, 3.05) is 39.3 Å². The molecule has 0 unspecified atom stereocenters. The van der Waals surface area contributed by atoms with E-state index >= 15 is 0 Å². The molecule has 2 aromatic rings. The second kappa shape index (κ2) is 9.88. The number of carbonyl (C=O) groups excluding carboxylic acids is 2. The topological polar surface area (TPSA) is 53.1 Å². The van der Waals surface area contributed by atoms with Crippen LogP contribution in [0.4, 0.5) is 4.39 Å². The van der Waals surface area contributed by atoms with Gasteiger partial charge in [0.05, 0.1) is 13.0 Å². The molecule has 2 amide bonds. The number of carbonyl (C=O) groups is 2. The molecule has 0 saturated carbocycles. The third kappa shape index (κ3) is 5.40. The van der Waals surface area contributed by atoms with Gasteiger partial charge in [-0.2, -0.15) is 0 Å². The van der Waals surface area contributed by atoms with Crippen molar-refractivity contribution in [1.82, 2.24) is 14.7 Å². The Labute approximate surface area is 192 Å². The standard InChI is InChI=1S/C24H27ClFN3O3/c1-17(30)28-8-6-27(7-9-28)15-18-2-5-23-20(12-18)16-29(10-11-32-23)24(31)13-19-3-4-21(26)14-22(19)25/h2-5,12,14H,6-11,13,15-16H2,1H3. The maximum Gasteiger partial charge on any atom is 0.227 e. The summed E-state index contributed by atoms with van der Waals surface area (Å²) in [6.45, 7) is 6.94. The number of fused-ring (bicyclic) bond motifs is 1. The minimum Gasteiger partial charge on any atom is -0.491 e. The van der Waals surface area contributed by atoms with Gasteiger partial charge in [0.2, 0.25) is 11.8 Å². The zero-order valence-electron chi connectivity index (χ0n) is 18.2. The van der Waals surface area contributed by atoms with E-state index < -0.39 is 5.82 Å². The second-order valence-corrected chi connectivity index (χ2v) is 8.71. The Hall–Kier alpha value is -2.64. The fourth-order valence-electron chi connectivity index (χ4n) is 4.18. The molecule has 6 nitrogen and oxygen atoms in total. The Morgan fingerprint density at radius 1 is 1.03 bits per heavy atom. The summed E-state index contributed by atoms with van der Waals surface area (Å²) in [6.07, 6.45) is 0.120. The van der Waals surface area contributed by atoms with E-state index in [2.05, 4.69) is 17.0 Å². The Morgan fingerprint density at radius 2 is 1.81 bits per heavy atom. The molecule has 4 rings (SSSR count). The van der Waals surface area contributed by atoms with Gasteiger partial charge in [-0.1, -0.05) is 23.7 Å². The molecule has 8 heteroatoms. The normalized spacial score (nSPS) is 16.8. The van der Waals surface area contributed by atoms with Crippen LogP contribution in [0.5, 0.6) is 5.75 Å². The van der Waals surface area contributed by atoms with Crippen molar-refractivity contribution in [2.45, 2.75) is 26.4 Å². The molecule has 170 valence electrons. The minimum atomic E-state index is -0.418. The first-order valence-electron chi connectivity index (χ1n) is 10.8. The highest BCUT2D eigenvalue weighted by Gasteiger charge is 2.22. The molecule has 0 N–H and O–H groups in total. The summed E-state index contributed by atoms with van der Waals surface area (Å²) >= 11 is 6.10. The minimum absolute atomic E-state index is 0.0688. The van der Waals surface area contributed by atoms with Gasteiger partial charge in [0.15, 0.2) is 0 Å². The van der Waals surface area contributed by atoms with E-state index in [1.807, 2.05) is 11.0 Å². The molecule has 0 aliphatic carbocycles. The predicted octanol–water partition coefficient (Wildman–Crippen LogP) is 3.11. The lowest BCUT2D eigenvalue weighted by atomic mass is 10.1. The third-order valence-corrected chi connectivity index (χ3v) is 6.39. The maximum absolute atomic E-state index is 13.3. The average Bonchev–Trinajstić information content (AvgIpc) is 2.98. The van der Waals surface area contributed by atoms with Crippen molar-refractivity contribution < 1.29 is 18.7 Å². The van der Waals surface area contributed by atoms with Crippen LogP contribution in [0.25, 0.3) is 0 Å². The summed E-state index contributed by atoms with van der Waals surface area (Å²) in [5, 5.41) is 0.261. The summed E-state index contributed by atoms with van der Waals surface area (Å²) in [6, 6.07) is 10.2. The van der Waals surface area contributed by atoms with Gasteiger partial charge >= 0.3 is 0 Å². The monoisotopic (exact) mass is 459 g/mol. The maximum atomic E-state index is 13.3. The first kappa shape index (κ1) is 22.6. The Bertz CT molecular complexity index is 1010. The summed E-state index contributed by atoms with van der Waals surface area (Å²) in [5.74, 6) is 0.433. The van der Waals surface area contributed by atoms with Crippen LogP contribution in [-0.4, -0.2) is 65.8 Å². The lowest BCUT2D eigenvalue weighted by molar-refractivity contribution is -0.131. The van der Waals surface area contributed by atoms with Crippen LogP contribution in [0.1, 0.15) is 23.6 Å². The van der Waals surface area contributed by atoms with E-state index in [0.717, 1.165) is 49.6 Å². The number of benzene rings is 2. The molecular formula is C24H27ClFN3O3. The fourth-order valence-corrected chi connectivity index (χ4v) is 4.41. The molecule has 0 bridgehead atoms. The number of hydrogen-bond acceptors (Lipinski definition) is 4. The van der Waals surface area contributed by atoms with Crippen LogP contribution in [0.3, 0.4) is 0 Å². The number of halogens is 2. The summed E-state index contributed by atoms with van der Waals surface area (Å²) in [7, 11) is 0. The zero-order chi connectivity index (χ0) is 22.7. The molecule has 2 aromatic carbocycles. The molecule has 0 aromatic heterocycles. The van der Waals surface area contributed by atoms with Crippen LogP contribution in [-0.2, 0) is 29.1 Å². The molecular weight excluding hydrogens is 433 g/mol. The lowest BCUT2D eigenvalue weighted by Crippen LogP contribution is -2.47. The van der Waals surface area contributed by atoms with Crippen LogP contribution in [0, 0.1) is 5.82 Å². The average molecular weight is 460 g/mol. The van der Waals surface area contributed by atoms with Crippen LogP contribution < -0.4 is 4.74 Å². The smallest absolute Gasteiger partial charge is 0.227 e. The lowest BCUT2D eigenvalue weighted by Gasteiger charge is -2.34. The quantitative estimate of drug-likeness (QED) is 0.705. The van der Waals surface area contributed by atoms with E-state index in [4.69, 9.17) is 16.3 Å². The van der Waals surface area contributed by atoms with Crippen molar-refractivity contribution in [3.05, 3.63) is 63.9 Å². The molecule has 2 aliphatic rings. The molecule has 1 saturated heterocycles. The number of rotatable bonds is 4. The number of nitrogens with zero attached hydrogens (tertiary/aromatic N) is 3. The highest BCUT2D eigenvalue weighted by atomic mass is 35.5. The summed E-state index contributed by atoms with van der Waals surface area (Å²) in [5.41, 5.74) is 2.74. The van der Waals surface area contributed by atoms with E-state index in [9.17, 15) is 14.0 Å². The van der Waals surface area contributed by atoms with Gasteiger partial charge in [-0.25, -0.2) is 4.39 Å². The summed E-state index contributed by atoms with van der Waals surface area (Å²) < 4.78 is 19.2. The molecule has 2 aliphatic heterocycles. The van der Waals surface area contributed by atoms with Crippen molar-refractivity contribution in [3.63, 3.8) is 0 Å². The Morgan fingerprint density at radius 3 is 2.53 bits per heavy atom. The van der Waals surface area contributed by atoms with Gasteiger partial charge in [0.25, 0.3) is 0 Å². The van der Waals surface area contributed by atoms with E-state index in [1.165, 1.54) is 12.1 Å². The first-order chi connectivity index (χ1) is 15.4. The van der Waals surface area contributed by atoms with Crippen molar-refractivity contribution in [3.8, 4) is 5.75 Å².